The second-order valence-corrected chi connectivity index (χ2v) is 4.71. The van der Waals surface area contributed by atoms with Crippen LogP contribution in [0.4, 0.5) is 0 Å². The molecule has 1 aliphatic rings. The molecule has 0 aliphatic heterocycles. The number of esters is 1. The normalized spacial score (nSPS) is 19.7. The molecule has 2 N–H and O–H groups in total. The van der Waals surface area contributed by atoms with Gasteiger partial charge in [0.25, 0.3) is 5.78 Å². The molecule has 0 aromatic heterocycles. The molecule has 0 bridgehead atoms. The Morgan fingerprint density at radius 3 is 1.74 bits per heavy atom. The molecule has 2 unspecified atom stereocenters. The van der Waals surface area contributed by atoms with E-state index in [0.29, 0.717) is 0 Å². The van der Waals surface area contributed by atoms with Gasteiger partial charge >= 0.3 is 16.4 Å². The van der Waals surface area contributed by atoms with Crippen molar-refractivity contribution in [3.8, 4) is 0 Å². The zero-order valence-electron chi connectivity index (χ0n) is 12.9. The van der Waals surface area contributed by atoms with E-state index < -0.39 is 51.3 Å². The van der Waals surface area contributed by atoms with E-state index >= 15 is 0 Å². The van der Waals surface area contributed by atoms with Gasteiger partial charge in [0.15, 0.2) is 11.7 Å². The van der Waals surface area contributed by atoms with Gasteiger partial charge in [-0.3, -0.25) is 28.3 Å². The van der Waals surface area contributed by atoms with Crippen LogP contribution >= 0.6 is 0 Å². The number of carbonyl (C=O) groups is 5. The zero-order valence-corrected chi connectivity index (χ0v) is 17.7. The number of ether oxygens (including phenoxy) is 1. The minimum Gasteiger partial charge on any atom is -0.460 e. The summed E-state index contributed by atoms with van der Waals surface area (Å²) in [7, 11) is -4.67. The van der Waals surface area contributed by atoms with Gasteiger partial charge in [-0.05, 0) is 13.8 Å². The summed E-state index contributed by atoms with van der Waals surface area (Å²) < 4.78 is 36.0. The zero-order chi connectivity index (χ0) is 17.0. The van der Waals surface area contributed by atoms with Gasteiger partial charge in [0, 0.05) is 59.1 Å². The van der Waals surface area contributed by atoms with Crippen molar-refractivity contribution in [3.63, 3.8) is 0 Å². The molecule has 1 fully saturated rings. The summed E-state index contributed by atoms with van der Waals surface area (Å²) in [6.45, 7) is 2.68. The molecule has 23 heavy (non-hydrogen) atoms. The van der Waals surface area contributed by atoms with Crippen LogP contribution < -0.4 is 0 Å². The molecule has 0 aromatic rings. The second-order valence-electron chi connectivity index (χ2n) is 3.82. The maximum atomic E-state index is 11.4. The Morgan fingerprint density at radius 1 is 1.09 bits per heavy atom. The standard InChI is InChI=1S/C10H10O6.2Na.H2O4S/c1-3-16-10(15)9(14)5-6(11)4(2)7(12)8(5)13;;;1-5(2,3)4/h4-5H,3H2,1-2H3;;;(H2,1,2,3,4). The van der Waals surface area contributed by atoms with Gasteiger partial charge in [-0.15, -0.1) is 0 Å². The average Bonchev–Trinajstić information content (AvgIpc) is 2.51. The third kappa shape index (κ3) is 9.17. The minimum absolute atomic E-state index is 0. The molecule has 120 valence electrons. The van der Waals surface area contributed by atoms with Gasteiger partial charge in [-0.2, -0.15) is 8.42 Å². The quantitative estimate of drug-likeness (QED) is 0.181. The van der Waals surface area contributed by atoms with Crippen LogP contribution in [-0.2, 0) is 39.1 Å². The Morgan fingerprint density at radius 2 is 1.48 bits per heavy atom. The summed E-state index contributed by atoms with van der Waals surface area (Å²) in [5, 5.41) is 0. The fourth-order valence-electron chi connectivity index (χ4n) is 1.43. The van der Waals surface area contributed by atoms with Crippen LogP contribution in [0.15, 0.2) is 0 Å². The predicted octanol–water partition coefficient (Wildman–Crippen LogP) is -2.32. The number of rotatable bonds is 3. The topological polar surface area (TPSA) is 169 Å². The summed E-state index contributed by atoms with van der Waals surface area (Å²) in [5.41, 5.74) is 0. The van der Waals surface area contributed by atoms with Crippen LogP contribution in [0.3, 0.4) is 0 Å². The Balaban J connectivity index is -0.000000502. The SMILES string of the molecule is CCOC(=O)C(=O)C1C(=O)C(=O)C(C)C1=O.O=S(=O)(O)O.[Na].[Na]. The van der Waals surface area contributed by atoms with E-state index in [2.05, 4.69) is 4.74 Å². The predicted molar refractivity (Wildman–Crippen MR) is 75.0 cm³/mol. The molecular weight excluding hydrogens is 358 g/mol. The molecule has 1 rings (SSSR count). The summed E-state index contributed by atoms with van der Waals surface area (Å²) in [4.78, 5) is 56.2. The van der Waals surface area contributed by atoms with Crippen molar-refractivity contribution in [3.05, 3.63) is 0 Å². The van der Waals surface area contributed by atoms with Crippen LogP contribution in [0.5, 0.6) is 0 Å². The number of Topliss-reactive ketones (excluding diaryl/α,β-unsaturated/α-hetero) is 4. The van der Waals surface area contributed by atoms with Gasteiger partial charge in [0.05, 0.1) is 12.5 Å². The summed E-state index contributed by atoms with van der Waals surface area (Å²) in [6, 6.07) is 0. The molecule has 2 atom stereocenters. The molecule has 2 radical (unpaired) electrons. The molecule has 1 saturated carbocycles. The monoisotopic (exact) mass is 370 g/mol. The first-order chi connectivity index (χ1) is 9.41. The first-order valence-corrected chi connectivity index (χ1v) is 6.84. The van der Waals surface area contributed by atoms with Gasteiger partial charge in [0.1, 0.15) is 0 Å². The van der Waals surface area contributed by atoms with Gasteiger partial charge in [0.2, 0.25) is 11.6 Å². The van der Waals surface area contributed by atoms with Crippen LogP contribution in [0.2, 0.25) is 0 Å². The van der Waals surface area contributed by atoms with E-state index in [1.165, 1.54) is 13.8 Å². The average molecular weight is 370 g/mol. The Bertz CT molecular complexity index is 589. The van der Waals surface area contributed by atoms with E-state index in [9.17, 15) is 24.0 Å². The van der Waals surface area contributed by atoms with Crippen molar-refractivity contribution in [2.24, 2.45) is 11.8 Å². The maximum absolute atomic E-state index is 11.4. The number of ketones is 4. The Hall–Kier alpha value is 0.0200. The smallest absolute Gasteiger partial charge is 0.394 e. The van der Waals surface area contributed by atoms with Crippen LogP contribution in [0.1, 0.15) is 13.8 Å². The van der Waals surface area contributed by atoms with Gasteiger partial charge in [-0.25, -0.2) is 4.79 Å². The summed E-state index contributed by atoms with van der Waals surface area (Å²) in [6.07, 6.45) is 0. The molecule has 0 aromatic carbocycles. The van der Waals surface area contributed by atoms with Crippen molar-refractivity contribution in [1.82, 2.24) is 0 Å². The minimum atomic E-state index is -4.67. The molecule has 10 nitrogen and oxygen atoms in total. The van der Waals surface area contributed by atoms with Crippen molar-refractivity contribution in [2.75, 3.05) is 6.61 Å². The first kappa shape index (κ1) is 27.8. The van der Waals surface area contributed by atoms with Crippen LogP contribution in [0.25, 0.3) is 0 Å². The second kappa shape index (κ2) is 11.6. The van der Waals surface area contributed by atoms with E-state index in [-0.39, 0.29) is 65.7 Å². The molecule has 0 saturated heterocycles. The Labute approximate surface area is 175 Å². The summed E-state index contributed by atoms with van der Waals surface area (Å²) >= 11 is 0. The van der Waals surface area contributed by atoms with Gasteiger partial charge < -0.3 is 4.74 Å². The molecular formula is C10H12Na2O10S. The molecule has 13 heteroatoms. The van der Waals surface area contributed by atoms with Gasteiger partial charge in [-0.1, -0.05) is 0 Å². The molecule has 0 heterocycles. The Kier molecular flexibility index (Phi) is 14.0. The first-order valence-electron chi connectivity index (χ1n) is 5.44. The van der Waals surface area contributed by atoms with E-state index in [1.807, 2.05) is 0 Å². The largest absolute Gasteiger partial charge is 0.460 e. The fraction of sp³-hybridized carbons (Fsp3) is 0.500. The van der Waals surface area contributed by atoms with Crippen molar-refractivity contribution >= 4 is 98.6 Å². The maximum Gasteiger partial charge on any atom is 0.394 e. The van der Waals surface area contributed by atoms with E-state index in [4.69, 9.17) is 17.5 Å². The third-order valence-corrected chi connectivity index (χ3v) is 2.35. The van der Waals surface area contributed by atoms with E-state index in [1.54, 1.807) is 0 Å². The van der Waals surface area contributed by atoms with Crippen LogP contribution in [0, 0.1) is 11.8 Å². The molecule has 1 aliphatic carbocycles. The van der Waals surface area contributed by atoms with Crippen LogP contribution in [-0.4, -0.2) is 112 Å². The molecule has 0 amide bonds. The van der Waals surface area contributed by atoms with Crippen molar-refractivity contribution in [2.45, 2.75) is 13.8 Å². The summed E-state index contributed by atoms with van der Waals surface area (Å²) in [5.74, 6) is -8.31. The van der Waals surface area contributed by atoms with Crippen molar-refractivity contribution in [1.29, 1.82) is 0 Å². The van der Waals surface area contributed by atoms with E-state index in [0.717, 1.165) is 0 Å². The van der Waals surface area contributed by atoms with Crippen molar-refractivity contribution < 1.29 is 46.2 Å². The molecule has 0 spiro atoms. The number of hydrogen-bond donors (Lipinski definition) is 2. The third-order valence-electron chi connectivity index (χ3n) is 2.35. The fourth-order valence-corrected chi connectivity index (χ4v) is 1.43. The number of carbonyl (C=O) groups excluding carboxylic acids is 5. The number of hydrogen-bond acceptors (Lipinski definition) is 8.